The summed E-state index contributed by atoms with van der Waals surface area (Å²) in [5, 5.41) is 29.3. The Labute approximate surface area is 290 Å². The van der Waals surface area contributed by atoms with Gasteiger partial charge in [-0.05, 0) is 59.2 Å². The van der Waals surface area contributed by atoms with Gasteiger partial charge in [0.25, 0.3) is 0 Å². The second kappa shape index (κ2) is 18.3. The fourth-order valence-corrected chi connectivity index (χ4v) is 6.98. The number of hydrogen-bond acceptors (Lipinski definition) is 8. The van der Waals surface area contributed by atoms with Crippen molar-refractivity contribution in [3.63, 3.8) is 0 Å². The number of hydrogen-bond donors (Lipinski definition) is 5. The number of aliphatic hydroxyl groups excluding tert-OH is 1. The number of aliphatic hydroxyl groups is 1. The Hall–Kier alpha value is -4.46. The molecule has 3 aromatic carbocycles. The maximum Gasteiger partial charge on any atom is 0.318 e. The monoisotopic (exact) mass is 694 g/mol. The van der Waals surface area contributed by atoms with Crippen LogP contribution in [0.15, 0.2) is 88.9 Å². The van der Waals surface area contributed by atoms with Crippen molar-refractivity contribution >= 4 is 33.9 Å². The zero-order valence-corrected chi connectivity index (χ0v) is 29.7. The first-order chi connectivity index (χ1) is 23.2. The molecule has 0 aromatic heterocycles. The summed E-state index contributed by atoms with van der Waals surface area (Å²) in [5.74, 6) is -0.811. The topological polar surface area (TPSA) is 178 Å². The number of carbonyl (C=O) groups excluding carboxylic acids is 2. The quantitative estimate of drug-likeness (QED) is 0.0612. The Kier molecular flexibility index (Phi) is 14.6. The average Bonchev–Trinajstić information content (AvgIpc) is 3.06. The van der Waals surface area contributed by atoms with Crippen LogP contribution in [0, 0.1) is 11.8 Å². The van der Waals surface area contributed by atoms with E-state index in [1.807, 2.05) is 70.2 Å². The largest absolute Gasteiger partial charge is 0.411 e. The van der Waals surface area contributed by atoms with Crippen molar-refractivity contribution in [2.24, 2.45) is 17.0 Å². The third-order valence-corrected chi connectivity index (χ3v) is 10.1. The lowest BCUT2D eigenvalue weighted by Crippen LogP contribution is -2.58. The Morgan fingerprint density at radius 2 is 1.59 bits per heavy atom. The zero-order chi connectivity index (χ0) is 36.1. The minimum absolute atomic E-state index is 0.0148. The van der Waals surface area contributed by atoms with Crippen LogP contribution >= 0.6 is 0 Å². The predicted octanol–water partition coefficient (Wildman–Crippen LogP) is 4.07. The van der Waals surface area contributed by atoms with Gasteiger partial charge in [-0.2, -0.15) is 4.31 Å². The van der Waals surface area contributed by atoms with Gasteiger partial charge in [0.1, 0.15) is 6.04 Å². The van der Waals surface area contributed by atoms with Gasteiger partial charge in [0.2, 0.25) is 15.9 Å². The molecule has 0 spiro atoms. The summed E-state index contributed by atoms with van der Waals surface area (Å²) in [4.78, 5) is 28.7. The number of sulfonamides is 1. The van der Waals surface area contributed by atoms with Crippen LogP contribution in [-0.4, -0.2) is 84.4 Å². The molecule has 0 aliphatic rings. The summed E-state index contributed by atoms with van der Waals surface area (Å²) in [5.41, 5.74) is 8.66. The molecule has 0 aliphatic heterocycles. The second-order valence-electron chi connectivity index (χ2n) is 12.8. The standard InChI is InChI=1S/C36H50N6O6S/c1-6-26(4)34(40-36(45)41(5)23-29-13-10-14-30(37)19-29)35(44)39-32(20-27-11-8-7-9-12-27)33(43)24-42(22-25(2)3)49(47,48)31-17-15-28(16-18-31)21-38-46/h7-19,21,25-26,32-34,43,46H,6,20,22-24,37H2,1-5H3,(H,39,44)(H,40,45)/b38-21+/t26-,32-,33?,34+/m0/s1. The van der Waals surface area contributed by atoms with E-state index >= 15 is 0 Å². The summed E-state index contributed by atoms with van der Waals surface area (Å²) in [7, 11) is -2.43. The van der Waals surface area contributed by atoms with Crippen LogP contribution < -0.4 is 16.4 Å². The van der Waals surface area contributed by atoms with E-state index in [4.69, 9.17) is 10.9 Å². The highest BCUT2D eigenvalue weighted by molar-refractivity contribution is 7.89. The molecule has 49 heavy (non-hydrogen) atoms. The van der Waals surface area contributed by atoms with Gasteiger partial charge in [0.05, 0.1) is 23.3 Å². The van der Waals surface area contributed by atoms with Gasteiger partial charge in [-0.3, -0.25) is 4.79 Å². The highest BCUT2D eigenvalue weighted by Crippen LogP contribution is 2.20. The van der Waals surface area contributed by atoms with E-state index in [1.165, 1.54) is 39.7 Å². The fourth-order valence-electron chi connectivity index (χ4n) is 5.36. The fraction of sp³-hybridized carbons (Fsp3) is 0.417. The minimum Gasteiger partial charge on any atom is -0.411 e. The number of nitrogens with zero attached hydrogens (tertiary/aromatic N) is 3. The number of benzene rings is 3. The molecule has 1 unspecified atom stereocenters. The van der Waals surface area contributed by atoms with E-state index in [1.54, 1.807) is 19.2 Å². The third-order valence-electron chi connectivity index (χ3n) is 8.27. The molecule has 0 heterocycles. The maximum absolute atomic E-state index is 13.9. The molecule has 0 aliphatic carbocycles. The molecule has 4 atom stereocenters. The summed E-state index contributed by atoms with van der Waals surface area (Å²) in [6.45, 7) is 7.64. The number of rotatable bonds is 17. The van der Waals surface area contributed by atoms with Crippen molar-refractivity contribution in [2.75, 3.05) is 25.9 Å². The molecule has 12 nitrogen and oxygen atoms in total. The van der Waals surface area contributed by atoms with Crippen LogP contribution in [0.2, 0.25) is 0 Å². The summed E-state index contributed by atoms with van der Waals surface area (Å²) >= 11 is 0. The molecule has 0 fully saturated rings. The van der Waals surface area contributed by atoms with Crippen molar-refractivity contribution in [1.29, 1.82) is 0 Å². The number of anilines is 1. The molecule has 0 bridgehead atoms. The minimum atomic E-state index is -4.06. The number of urea groups is 1. The van der Waals surface area contributed by atoms with Crippen molar-refractivity contribution < 1.29 is 28.3 Å². The summed E-state index contributed by atoms with van der Waals surface area (Å²) < 4.78 is 28.9. The van der Waals surface area contributed by atoms with Crippen LogP contribution in [-0.2, 0) is 27.8 Å². The summed E-state index contributed by atoms with van der Waals surface area (Å²) in [6.07, 6.45) is 0.690. The van der Waals surface area contributed by atoms with E-state index < -0.39 is 40.1 Å². The number of nitrogens with two attached hydrogens (primary N) is 1. The number of oxime groups is 1. The SMILES string of the molecule is CC[C@H](C)[C@@H](NC(=O)N(C)Cc1cccc(N)c1)C(=O)N[C@@H](Cc1ccccc1)C(O)CN(CC(C)C)S(=O)(=O)c1ccc(/C=N/O)cc1. The lowest BCUT2D eigenvalue weighted by atomic mass is 9.96. The Morgan fingerprint density at radius 1 is 0.939 bits per heavy atom. The highest BCUT2D eigenvalue weighted by atomic mass is 32.2. The van der Waals surface area contributed by atoms with Gasteiger partial charge in [-0.25, -0.2) is 13.2 Å². The first kappa shape index (κ1) is 39.0. The molecule has 3 rings (SSSR count). The predicted molar refractivity (Wildman–Crippen MR) is 192 cm³/mol. The lowest BCUT2D eigenvalue weighted by Gasteiger charge is -2.33. The third kappa shape index (κ3) is 11.6. The maximum atomic E-state index is 13.9. The number of nitrogen functional groups attached to an aromatic ring is 1. The molecule has 6 N–H and O–H groups in total. The molecule has 0 saturated heterocycles. The molecule has 266 valence electrons. The molecule has 0 radical (unpaired) electrons. The molecule has 3 aromatic rings. The lowest BCUT2D eigenvalue weighted by molar-refractivity contribution is -0.125. The van der Waals surface area contributed by atoms with Crippen LogP contribution in [0.1, 0.15) is 50.8 Å². The van der Waals surface area contributed by atoms with Gasteiger partial charge in [-0.15, -0.1) is 0 Å². The second-order valence-corrected chi connectivity index (χ2v) is 14.8. The zero-order valence-electron chi connectivity index (χ0n) is 28.9. The molecular weight excluding hydrogens is 644 g/mol. The highest BCUT2D eigenvalue weighted by Gasteiger charge is 2.34. The molecule has 0 saturated carbocycles. The van der Waals surface area contributed by atoms with E-state index in [-0.39, 0.29) is 42.8 Å². The van der Waals surface area contributed by atoms with Crippen LogP contribution in [0.25, 0.3) is 0 Å². The van der Waals surface area contributed by atoms with Gasteiger partial charge >= 0.3 is 6.03 Å². The first-order valence-electron chi connectivity index (χ1n) is 16.4. The van der Waals surface area contributed by atoms with Gasteiger partial charge in [0.15, 0.2) is 0 Å². The number of nitrogens with one attached hydrogen (secondary N) is 2. The van der Waals surface area contributed by atoms with Crippen LogP contribution in [0.3, 0.4) is 0 Å². The van der Waals surface area contributed by atoms with Crippen molar-refractivity contribution in [2.45, 2.75) is 70.2 Å². The van der Waals surface area contributed by atoms with E-state index in [0.29, 0.717) is 17.7 Å². The first-order valence-corrected chi connectivity index (χ1v) is 17.8. The summed E-state index contributed by atoms with van der Waals surface area (Å²) in [6, 6.07) is 20.1. The van der Waals surface area contributed by atoms with E-state index in [0.717, 1.165) is 11.1 Å². The number of carbonyl (C=O) groups is 2. The van der Waals surface area contributed by atoms with Crippen molar-refractivity contribution in [3.8, 4) is 0 Å². The molecular formula is C36H50N6O6S. The smallest absolute Gasteiger partial charge is 0.318 e. The van der Waals surface area contributed by atoms with Gasteiger partial charge in [0, 0.05) is 32.4 Å². The normalized spacial score (nSPS) is 14.4. The van der Waals surface area contributed by atoms with Crippen LogP contribution in [0.5, 0.6) is 0 Å². The van der Waals surface area contributed by atoms with E-state index in [9.17, 15) is 23.1 Å². The van der Waals surface area contributed by atoms with E-state index in [2.05, 4.69) is 15.8 Å². The van der Waals surface area contributed by atoms with Crippen molar-refractivity contribution in [3.05, 3.63) is 95.6 Å². The molecule has 3 amide bonds. The number of amides is 3. The Balaban J connectivity index is 1.87. The molecule has 13 heteroatoms. The Bertz CT molecular complexity index is 1640. The van der Waals surface area contributed by atoms with Gasteiger partial charge < -0.3 is 31.6 Å². The van der Waals surface area contributed by atoms with Crippen molar-refractivity contribution in [1.82, 2.24) is 19.8 Å². The Morgan fingerprint density at radius 3 is 2.18 bits per heavy atom. The van der Waals surface area contributed by atoms with Gasteiger partial charge in [-0.1, -0.05) is 93.9 Å². The van der Waals surface area contributed by atoms with Crippen LogP contribution in [0.4, 0.5) is 10.5 Å². The average molecular weight is 695 g/mol.